The minimum Gasteiger partial charge on any atom is -0.330 e. The quantitative estimate of drug-likeness (QED) is 0.0290. The van der Waals surface area contributed by atoms with Gasteiger partial charge in [0.25, 0.3) is 0 Å². The van der Waals surface area contributed by atoms with E-state index in [0.717, 1.165) is 208 Å². The summed E-state index contributed by atoms with van der Waals surface area (Å²) in [6.07, 6.45) is 25.5. The smallest absolute Gasteiger partial charge is 0.0215 e. The molecule has 14 nitrogen and oxygen atoms in total. The Morgan fingerprint density at radius 1 is 0.265 bits per heavy atom. The van der Waals surface area contributed by atoms with Crippen LogP contribution in [0.5, 0.6) is 0 Å². The maximum atomic E-state index is 5.96. The van der Waals surface area contributed by atoms with Crippen LogP contribution in [0.4, 0.5) is 0 Å². The summed E-state index contributed by atoms with van der Waals surface area (Å²) in [6, 6.07) is 15.2. The predicted molar refractivity (Wildman–Crippen MR) is 363 cm³/mol. The number of unbranched alkanes of at least 4 members (excludes halogenated alkanes) is 6. The molecule has 1 aliphatic rings. The first-order valence-corrected chi connectivity index (χ1v) is 34.4. The van der Waals surface area contributed by atoms with Gasteiger partial charge in [-0.05, 0) is 317 Å². The van der Waals surface area contributed by atoms with Gasteiger partial charge in [0.15, 0.2) is 0 Å². The van der Waals surface area contributed by atoms with Crippen molar-refractivity contribution in [1.82, 2.24) is 29.4 Å². The van der Waals surface area contributed by atoms with Crippen molar-refractivity contribution in [1.29, 1.82) is 0 Å². The third-order valence-corrected chi connectivity index (χ3v) is 18.0. The van der Waals surface area contributed by atoms with Gasteiger partial charge in [0.05, 0.1) is 0 Å². The van der Waals surface area contributed by atoms with Gasteiger partial charge in [0, 0.05) is 5.41 Å². The van der Waals surface area contributed by atoms with Crippen molar-refractivity contribution in [3.63, 3.8) is 0 Å². The van der Waals surface area contributed by atoms with Crippen LogP contribution < -0.4 is 45.9 Å². The van der Waals surface area contributed by atoms with Crippen LogP contribution in [0.1, 0.15) is 205 Å². The van der Waals surface area contributed by atoms with Crippen LogP contribution in [0, 0.1) is 0 Å². The highest BCUT2D eigenvalue weighted by Crippen LogP contribution is 2.55. The molecule has 0 amide bonds. The van der Waals surface area contributed by atoms with Crippen molar-refractivity contribution in [2.45, 2.75) is 199 Å². The molecular formula is C69H136N14. The van der Waals surface area contributed by atoms with Gasteiger partial charge in [-0.25, -0.2) is 0 Å². The fraction of sp³-hybridized carbons (Fsp3) is 0.826. The van der Waals surface area contributed by atoms with Crippen LogP contribution in [-0.2, 0) is 16.2 Å². The first kappa shape index (κ1) is 75.1. The molecule has 0 saturated carbocycles. The summed E-state index contributed by atoms with van der Waals surface area (Å²) >= 11 is 0. The lowest BCUT2D eigenvalue weighted by Gasteiger charge is -2.35. The first-order valence-electron chi connectivity index (χ1n) is 34.4. The van der Waals surface area contributed by atoms with E-state index in [0.29, 0.717) is 0 Å². The Hall–Kier alpha value is -2.12. The predicted octanol–water partition coefficient (Wildman–Crippen LogP) is 8.61. The van der Waals surface area contributed by atoms with Gasteiger partial charge >= 0.3 is 0 Å². The van der Waals surface area contributed by atoms with Crippen molar-refractivity contribution < 1.29 is 0 Å². The van der Waals surface area contributed by atoms with Crippen molar-refractivity contribution in [3.05, 3.63) is 58.7 Å². The number of rotatable bonds is 54. The molecule has 2 aromatic carbocycles. The highest BCUT2D eigenvalue weighted by molar-refractivity contribution is 5.82. The van der Waals surface area contributed by atoms with Gasteiger partial charge in [0.1, 0.15) is 0 Å². The van der Waals surface area contributed by atoms with E-state index in [-0.39, 0.29) is 16.2 Å². The Labute approximate surface area is 512 Å². The average molecular weight is 1160 g/mol. The summed E-state index contributed by atoms with van der Waals surface area (Å²) in [7, 11) is 0. The van der Waals surface area contributed by atoms with E-state index >= 15 is 0 Å². The van der Waals surface area contributed by atoms with Crippen molar-refractivity contribution in [3.8, 4) is 11.1 Å². The maximum Gasteiger partial charge on any atom is 0.0215 e. The van der Waals surface area contributed by atoms with Crippen LogP contribution >= 0.6 is 0 Å². The zero-order chi connectivity index (χ0) is 60.6. The summed E-state index contributed by atoms with van der Waals surface area (Å²) in [6.45, 7) is 40.2. The molecular weight excluding hydrogens is 1020 g/mol. The van der Waals surface area contributed by atoms with E-state index in [1.54, 1.807) is 11.1 Å². The number of hydrogen-bond acceptors (Lipinski definition) is 14. The molecule has 14 heteroatoms. The summed E-state index contributed by atoms with van der Waals surface area (Å²) in [4.78, 5) is 16.0. The third-order valence-electron chi connectivity index (χ3n) is 18.0. The topological polar surface area (TPSA) is 228 Å². The summed E-state index contributed by atoms with van der Waals surface area (Å²) in [5.41, 5.74) is 56.9. The monoisotopic (exact) mass is 1160 g/mol. The first-order chi connectivity index (χ1) is 40.1. The fourth-order valence-corrected chi connectivity index (χ4v) is 12.9. The van der Waals surface area contributed by atoms with Gasteiger partial charge in [-0.3, -0.25) is 0 Å². The molecule has 0 fully saturated rings. The molecule has 0 aliphatic heterocycles. The minimum absolute atomic E-state index is 0.00393. The van der Waals surface area contributed by atoms with Crippen LogP contribution in [0.15, 0.2) is 36.4 Å². The Bertz CT molecular complexity index is 1670. The molecule has 83 heavy (non-hydrogen) atoms. The zero-order valence-corrected chi connectivity index (χ0v) is 55.2. The van der Waals surface area contributed by atoms with Crippen LogP contribution in [0.25, 0.3) is 11.1 Å². The number of hydrogen-bond donors (Lipinski definition) is 8. The number of nitrogens with two attached hydrogens (primary N) is 8. The second kappa shape index (κ2) is 44.3. The van der Waals surface area contributed by atoms with Gasteiger partial charge in [-0.15, -0.1) is 0 Å². The second-order valence-electron chi connectivity index (χ2n) is 27.0. The van der Waals surface area contributed by atoms with E-state index in [4.69, 9.17) is 45.9 Å². The molecule has 3 rings (SSSR count). The Balaban J connectivity index is 1.83. The van der Waals surface area contributed by atoms with E-state index in [1.807, 2.05) is 0 Å². The lowest BCUT2D eigenvalue weighted by Crippen LogP contribution is -2.35. The molecule has 0 heterocycles. The lowest BCUT2D eigenvalue weighted by molar-refractivity contribution is 0.203. The highest BCUT2D eigenvalue weighted by Gasteiger charge is 2.43. The summed E-state index contributed by atoms with van der Waals surface area (Å²) in [5, 5.41) is 0. The Kier molecular flexibility index (Phi) is 40.1. The molecule has 0 spiro atoms. The maximum absolute atomic E-state index is 5.96. The average Bonchev–Trinajstić information content (AvgIpc) is 1.93. The summed E-state index contributed by atoms with van der Waals surface area (Å²) < 4.78 is 0. The van der Waals surface area contributed by atoms with Crippen LogP contribution in [-0.4, -0.2) is 200 Å². The molecule has 0 saturated heterocycles. The number of fused-ring (bicyclic) bond motifs is 3. The highest BCUT2D eigenvalue weighted by atomic mass is 15.2. The third kappa shape index (κ3) is 29.6. The van der Waals surface area contributed by atoms with Crippen molar-refractivity contribution >= 4 is 0 Å². The van der Waals surface area contributed by atoms with E-state index in [1.165, 1.54) is 125 Å². The normalized spacial score (nSPS) is 13.6. The molecule has 2 aromatic rings. The number of benzene rings is 2. The van der Waals surface area contributed by atoms with Gasteiger partial charge in [0.2, 0.25) is 0 Å². The van der Waals surface area contributed by atoms with E-state index in [2.05, 4.69) is 107 Å². The van der Waals surface area contributed by atoms with Gasteiger partial charge in [-0.1, -0.05) is 116 Å². The number of nitrogens with zero attached hydrogens (tertiary/aromatic N) is 6. The Morgan fingerprint density at radius 3 is 0.687 bits per heavy atom. The molecule has 16 N–H and O–H groups in total. The summed E-state index contributed by atoms with van der Waals surface area (Å²) in [5.74, 6) is 0. The molecule has 0 atom stereocenters. The minimum atomic E-state index is 0.00393. The molecule has 482 valence electrons. The molecule has 0 unspecified atom stereocenters. The second-order valence-corrected chi connectivity index (χ2v) is 27.0. The fourth-order valence-electron chi connectivity index (χ4n) is 12.9. The molecule has 0 bridgehead atoms. The van der Waals surface area contributed by atoms with Crippen molar-refractivity contribution in [2.24, 2.45) is 45.9 Å². The zero-order valence-electron chi connectivity index (χ0n) is 55.2. The standard InChI is InChI=1S/C69H136N14/c1-67(2,3)61-27-29-63-64-30-28-62(68(4,5)6)60-66(64)69(65(63)59-61,31-11-7-9-13-41-78(51-23-55-80(43-15-33-70)44-16-34-71)52-24-56-81(45-17-35-72)46-18-36-73)32-12-8-10-14-42-79(53-25-57-82(47-19-37-74)48-20-38-75)54-26-58-83(49-21-39-76)50-22-40-77/h27-30,59-60H,7-26,31-58,70-77H2,1-6H3. The van der Waals surface area contributed by atoms with Crippen LogP contribution in [0.3, 0.4) is 0 Å². The van der Waals surface area contributed by atoms with E-state index in [9.17, 15) is 0 Å². The SMILES string of the molecule is CC(C)(C)c1ccc2c(c1)C(CCCCCCN(CCCN(CCCN)CCCN)CCCN(CCCN)CCCN)(CCCCCCN(CCCN(CCCN)CCCN)CCCN(CCCN)CCCN)c1cc(C(C)(C)C)ccc1-2. The molecule has 0 aromatic heterocycles. The Morgan fingerprint density at radius 2 is 0.470 bits per heavy atom. The van der Waals surface area contributed by atoms with Gasteiger partial charge in [-0.2, -0.15) is 0 Å². The molecule has 1 aliphatic carbocycles. The van der Waals surface area contributed by atoms with E-state index < -0.39 is 0 Å². The lowest BCUT2D eigenvalue weighted by atomic mass is 9.69. The molecule has 0 radical (unpaired) electrons. The van der Waals surface area contributed by atoms with Crippen LogP contribution in [0.2, 0.25) is 0 Å². The largest absolute Gasteiger partial charge is 0.330 e. The van der Waals surface area contributed by atoms with Crippen molar-refractivity contribution in [2.75, 3.05) is 170 Å². The van der Waals surface area contributed by atoms with Gasteiger partial charge < -0.3 is 75.3 Å².